The largest absolute Gasteiger partial charge is 0.479 e. The quantitative estimate of drug-likeness (QED) is 0.889. The number of primary amides is 1. The molecular weight excluding hydrogens is 276 g/mol. The highest BCUT2D eigenvalue weighted by molar-refractivity contribution is 7.20. The average Bonchev–Trinajstić information content (AvgIpc) is 2.92. The number of nitrogens with one attached hydrogen (secondary N) is 1. The predicted octanol–water partition coefficient (Wildman–Crippen LogP) is 1.27. The van der Waals surface area contributed by atoms with E-state index in [1.165, 1.54) is 11.3 Å². The van der Waals surface area contributed by atoms with Gasteiger partial charge < -0.3 is 15.8 Å². The first kappa shape index (κ1) is 13.3. The van der Waals surface area contributed by atoms with Gasteiger partial charge >= 0.3 is 0 Å². The van der Waals surface area contributed by atoms with Gasteiger partial charge in [0.2, 0.25) is 5.88 Å². The highest BCUT2D eigenvalue weighted by Gasteiger charge is 2.23. The smallest absolute Gasteiger partial charge is 0.277 e. The number of hydrogen-bond donors (Lipinski definition) is 2. The van der Waals surface area contributed by atoms with E-state index in [1.54, 1.807) is 7.11 Å². The van der Waals surface area contributed by atoms with Crippen LogP contribution in [0.1, 0.15) is 34.1 Å². The summed E-state index contributed by atoms with van der Waals surface area (Å²) in [5, 5.41) is 3.69. The Labute approximate surface area is 120 Å². The number of nitrogens with zero attached hydrogens (tertiary/aromatic N) is 2. The molecule has 1 saturated heterocycles. The maximum atomic E-state index is 11.4. The number of methoxy groups -OCH3 is 1. The van der Waals surface area contributed by atoms with Gasteiger partial charge in [0, 0.05) is 12.7 Å². The third kappa shape index (κ3) is 2.23. The van der Waals surface area contributed by atoms with Gasteiger partial charge in [-0.2, -0.15) is 0 Å². The van der Waals surface area contributed by atoms with Crippen LogP contribution in [0.3, 0.4) is 0 Å². The Morgan fingerprint density at radius 1 is 1.60 bits per heavy atom. The molecular formula is C13H16N4O2S. The number of aromatic nitrogens is 2. The maximum Gasteiger partial charge on any atom is 0.277 e. The molecule has 0 bridgehead atoms. The molecule has 6 nitrogen and oxygen atoms in total. The van der Waals surface area contributed by atoms with Crippen molar-refractivity contribution in [3.05, 3.63) is 16.8 Å². The van der Waals surface area contributed by atoms with Crippen LogP contribution in [0.2, 0.25) is 0 Å². The van der Waals surface area contributed by atoms with E-state index in [-0.39, 0.29) is 0 Å². The summed E-state index contributed by atoms with van der Waals surface area (Å²) in [6.07, 6.45) is 4.08. The summed E-state index contributed by atoms with van der Waals surface area (Å²) < 4.78 is 6.19. The fraction of sp³-hybridized carbons (Fsp3) is 0.462. The molecule has 106 valence electrons. The Bertz CT molecular complexity index is 649. The third-order valence-electron chi connectivity index (χ3n) is 3.55. The molecule has 1 fully saturated rings. The zero-order valence-electron chi connectivity index (χ0n) is 11.2. The van der Waals surface area contributed by atoms with Gasteiger partial charge in [-0.15, -0.1) is 11.3 Å². The molecule has 0 spiro atoms. The zero-order valence-corrected chi connectivity index (χ0v) is 12.0. The first-order valence-corrected chi connectivity index (χ1v) is 7.36. The molecule has 3 N–H and O–H groups in total. The van der Waals surface area contributed by atoms with E-state index in [1.807, 2.05) is 6.20 Å². The number of amides is 1. The van der Waals surface area contributed by atoms with E-state index in [2.05, 4.69) is 15.3 Å². The monoisotopic (exact) mass is 292 g/mol. The molecule has 3 rings (SSSR count). The molecule has 1 amide bonds. The number of hydrogen-bond acceptors (Lipinski definition) is 6. The van der Waals surface area contributed by atoms with Crippen LogP contribution in [0.15, 0.2) is 6.20 Å². The van der Waals surface area contributed by atoms with Crippen molar-refractivity contribution in [2.24, 2.45) is 5.73 Å². The minimum atomic E-state index is -0.513. The van der Waals surface area contributed by atoms with E-state index in [4.69, 9.17) is 10.5 Å². The number of rotatable bonds is 3. The molecule has 1 aliphatic heterocycles. The second kappa shape index (κ2) is 5.34. The Morgan fingerprint density at radius 3 is 3.10 bits per heavy atom. The number of carbonyl (C=O) groups is 1. The number of piperidine rings is 1. The first-order chi connectivity index (χ1) is 9.70. The first-order valence-electron chi connectivity index (χ1n) is 6.54. The second-order valence-corrected chi connectivity index (χ2v) is 5.83. The van der Waals surface area contributed by atoms with Gasteiger partial charge in [0.25, 0.3) is 5.91 Å². The number of nitrogens with two attached hydrogens (primary N) is 1. The van der Waals surface area contributed by atoms with E-state index < -0.39 is 5.91 Å². The van der Waals surface area contributed by atoms with Crippen molar-refractivity contribution in [3.63, 3.8) is 0 Å². The molecule has 1 atom stereocenters. The van der Waals surface area contributed by atoms with Gasteiger partial charge in [0.15, 0.2) is 5.01 Å². The fourth-order valence-corrected chi connectivity index (χ4v) is 3.57. The number of pyridine rings is 1. The predicted molar refractivity (Wildman–Crippen MR) is 77.3 cm³/mol. The van der Waals surface area contributed by atoms with Gasteiger partial charge in [0.1, 0.15) is 5.52 Å². The second-order valence-electron chi connectivity index (χ2n) is 4.83. The Balaban J connectivity index is 2.14. The van der Waals surface area contributed by atoms with Crippen LogP contribution < -0.4 is 15.8 Å². The van der Waals surface area contributed by atoms with Crippen molar-refractivity contribution in [3.8, 4) is 5.88 Å². The summed E-state index contributed by atoms with van der Waals surface area (Å²) in [7, 11) is 1.55. The molecule has 0 aromatic carbocycles. The number of fused-ring (bicyclic) bond motifs is 1. The summed E-state index contributed by atoms with van der Waals surface area (Å²) in [4.78, 5) is 19.9. The number of thiazole rings is 1. The van der Waals surface area contributed by atoms with E-state index >= 15 is 0 Å². The van der Waals surface area contributed by atoms with Crippen LogP contribution in [0.4, 0.5) is 0 Å². The molecule has 0 aliphatic carbocycles. The van der Waals surface area contributed by atoms with Crippen LogP contribution in [0.25, 0.3) is 10.2 Å². The molecule has 3 heterocycles. The summed E-state index contributed by atoms with van der Waals surface area (Å²) in [5.74, 6) is 0.322. The van der Waals surface area contributed by atoms with Crippen LogP contribution in [-0.2, 0) is 0 Å². The normalized spacial score (nSPS) is 19.1. The van der Waals surface area contributed by atoms with Crippen LogP contribution in [-0.4, -0.2) is 36.1 Å². The highest BCUT2D eigenvalue weighted by atomic mass is 32.1. The third-order valence-corrected chi connectivity index (χ3v) is 4.67. The highest BCUT2D eigenvalue weighted by Crippen LogP contribution is 2.36. The lowest BCUT2D eigenvalue weighted by molar-refractivity contribution is 0.1000. The average molecular weight is 292 g/mol. The van der Waals surface area contributed by atoms with Crippen LogP contribution in [0, 0.1) is 0 Å². The Hall–Kier alpha value is -1.73. The Morgan fingerprint density at radius 2 is 2.45 bits per heavy atom. The lowest BCUT2D eigenvalue weighted by Gasteiger charge is -2.23. The van der Waals surface area contributed by atoms with Gasteiger partial charge in [-0.1, -0.05) is 0 Å². The SMILES string of the molecule is COc1ncc(C2CCCNC2)c2sc(C(N)=O)nc12. The summed E-state index contributed by atoms with van der Waals surface area (Å²) in [6.45, 7) is 1.98. The minimum absolute atomic E-state index is 0.302. The lowest BCUT2D eigenvalue weighted by atomic mass is 9.93. The molecule has 0 radical (unpaired) electrons. The van der Waals surface area contributed by atoms with Crippen molar-refractivity contribution in [1.29, 1.82) is 0 Å². The van der Waals surface area contributed by atoms with Crippen molar-refractivity contribution >= 4 is 27.5 Å². The summed E-state index contributed by atoms with van der Waals surface area (Å²) in [5.41, 5.74) is 7.09. The standard InChI is InChI=1S/C13H16N4O2S/c1-19-12-9-10(20-13(17-9)11(14)18)8(6-16-12)7-3-2-4-15-5-7/h6-7,15H,2-5H2,1H3,(H2,14,18). The van der Waals surface area contributed by atoms with Crippen LogP contribution in [0.5, 0.6) is 5.88 Å². The Kier molecular flexibility index (Phi) is 3.54. The fourth-order valence-electron chi connectivity index (χ4n) is 2.57. The molecule has 20 heavy (non-hydrogen) atoms. The van der Waals surface area contributed by atoms with Gasteiger partial charge in [-0.25, -0.2) is 9.97 Å². The lowest BCUT2D eigenvalue weighted by Crippen LogP contribution is -2.28. The van der Waals surface area contributed by atoms with Crippen molar-refractivity contribution < 1.29 is 9.53 Å². The molecule has 7 heteroatoms. The molecule has 1 aliphatic rings. The molecule has 1 unspecified atom stereocenters. The van der Waals surface area contributed by atoms with E-state index in [0.717, 1.165) is 36.2 Å². The molecule has 2 aromatic rings. The van der Waals surface area contributed by atoms with Crippen LogP contribution >= 0.6 is 11.3 Å². The van der Waals surface area contributed by atoms with E-state index in [9.17, 15) is 4.79 Å². The molecule has 0 saturated carbocycles. The topological polar surface area (TPSA) is 90.1 Å². The van der Waals surface area contributed by atoms with Crippen molar-refractivity contribution in [2.45, 2.75) is 18.8 Å². The number of ether oxygens (including phenoxy) is 1. The summed E-state index contributed by atoms with van der Waals surface area (Å²) >= 11 is 1.32. The molecule has 2 aromatic heterocycles. The van der Waals surface area contributed by atoms with E-state index in [0.29, 0.717) is 22.3 Å². The van der Waals surface area contributed by atoms with Crippen molar-refractivity contribution in [2.75, 3.05) is 20.2 Å². The van der Waals surface area contributed by atoms with Gasteiger partial charge in [-0.3, -0.25) is 4.79 Å². The minimum Gasteiger partial charge on any atom is -0.479 e. The maximum absolute atomic E-state index is 11.4. The summed E-state index contributed by atoms with van der Waals surface area (Å²) in [6, 6.07) is 0. The van der Waals surface area contributed by atoms with Gasteiger partial charge in [0.05, 0.1) is 11.8 Å². The zero-order chi connectivity index (χ0) is 14.1. The number of carbonyl (C=O) groups excluding carboxylic acids is 1. The van der Waals surface area contributed by atoms with Crippen molar-refractivity contribution in [1.82, 2.24) is 15.3 Å². The van der Waals surface area contributed by atoms with Gasteiger partial charge in [-0.05, 0) is 30.9 Å².